The molecular formula is C32H67NaO4P. The van der Waals surface area contributed by atoms with Gasteiger partial charge in [-0.05, 0) is 12.8 Å². The fourth-order valence-electron chi connectivity index (χ4n) is 4.99. The topological polar surface area (TPSA) is 55.8 Å². The monoisotopic (exact) mass is 569 g/mol. The molecular weight excluding hydrogens is 502 g/mol. The van der Waals surface area contributed by atoms with Crippen molar-refractivity contribution in [2.24, 2.45) is 0 Å². The van der Waals surface area contributed by atoms with Crippen molar-refractivity contribution in [2.75, 3.05) is 13.2 Å². The minimum absolute atomic E-state index is 0. The third-order valence-corrected chi connectivity index (χ3v) is 8.52. The van der Waals surface area contributed by atoms with Crippen molar-refractivity contribution in [3.8, 4) is 0 Å². The van der Waals surface area contributed by atoms with Crippen LogP contribution < -0.4 is 0 Å². The van der Waals surface area contributed by atoms with Gasteiger partial charge < -0.3 is 4.89 Å². The second kappa shape index (κ2) is 34.3. The van der Waals surface area contributed by atoms with E-state index in [1.165, 1.54) is 154 Å². The second-order valence-electron chi connectivity index (χ2n) is 11.3. The van der Waals surface area contributed by atoms with Gasteiger partial charge in [0.2, 0.25) is 0 Å². The van der Waals surface area contributed by atoms with Gasteiger partial charge in [-0.2, -0.15) is 0 Å². The summed E-state index contributed by atoms with van der Waals surface area (Å²) in [5, 5.41) is 0. The summed E-state index contributed by atoms with van der Waals surface area (Å²) in [5.74, 6) is 0. The van der Waals surface area contributed by atoms with Crippen LogP contribution in [0.1, 0.15) is 194 Å². The number of phosphoric acid groups is 1. The summed E-state index contributed by atoms with van der Waals surface area (Å²) in [6.45, 7) is 5.19. The van der Waals surface area contributed by atoms with Gasteiger partial charge in [0.15, 0.2) is 0 Å². The average Bonchev–Trinajstić information content (AvgIpc) is 2.88. The molecule has 0 aliphatic heterocycles. The molecule has 0 aromatic rings. The number of hydrogen-bond acceptors (Lipinski definition) is 3. The molecule has 0 saturated carbocycles. The van der Waals surface area contributed by atoms with Crippen LogP contribution in [-0.2, 0) is 13.6 Å². The first-order valence-corrected chi connectivity index (χ1v) is 18.2. The summed E-state index contributed by atoms with van der Waals surface area (Å²) in [6.07, 6.45) is 36.4. The molecule has 0 aliphatic carbocycles. The molecule has 0 unspecified atom stereocenters. The molecule has 0 atom stereocenters. The quantitative estimate of drug-likeness (QED) is 0.0497. The van der Waals surface area contributed by atoms with Crippen LogP contribution in [-0.4, -0.2) is 47.7 Å². The minimum atomic E-state index is -3.87. The molecule has 38 heavy (non-hydrogen) atoms. The Morgan fingerprint density at radius 1 is 0.395 bits per heavy atom. The fraction of sp³-hybridized carbons (Fsp3) is 1.00. The van der Waals surface area contributed by atoms with Crippen molar-refractivity contribution in [1.29, 1.82) is 0 Å². The first-order valence-electron chi connectivity index (χ1n) is 16.7. The standard InChI is InChI=1S/C32H67O4P.Na/c1-3-5-7-9-11-13-15-17-19-21-23-25-27-29-31-35-37(33,34)36-32-30-28-26-24-22-20-18-16-14-12-10-8-6-4-2;/h3-32H2,1-2H3,(H,33,34);. The van der Waals surface area contributed by atoms with E-state index in [2.05, 4.69) is 13.8 Å². The van der Waals surface area contributed by atoms with Crippen molar-refractivity contribution in [1.82, 2.24) is 0 Å². The van der Waals surface area contributed by atoms with Crippen LogP contribution in [0.2, 0.25) is 0 Å². The molecule has 225 valence electrons. The zero-order valence-corrected chi connectivity index (χ0v) is 29.2. The Morgan fingerprint density at radius 3 is 0.789 bits per heavy atom. The zero-order chi connectivity index (χ0) is 27.1. The zero-order valence-electron chi connectivity index (χ0n) is 26.3. The largest absolute Gasteiger partial charge is 0.472 e. The number of phosphoric ester groups is 1. The van der Waals surface area contributed by atoms with Crippen molar-refractivity contribution in [3.63, 3.8) is 0 Å². The predicted molar refractivity (Wildman–Crippen MR) is 168 cm³/mol. The number of unbranched alkanes of at least 4 members (excludes halogenated alkanes) is 26. The Morgan fingerprint density at radius 2 is 0.579 bits per heavy atom. The van der Waals surface area contributed by atoms with E-state index in [1.807, 2.05) is 0 Å². The molecule has 0 fully saturated rings. The number of hydrogen-bond donors (Lipinski definition) is 1. The van der Waals surface area contributed by atoms with Crippen LogP contribution >= 0.6 is 7.82 Å². The van der Waals surface area contributed by atoms with E-state index in [0.717, 1.165) is 25.7 Å². The summed E-state index contributed by atoms with van der Waals surface area (Å²) in [7, 11) is -3.87. The maximum atomic E-state index is 12.0. The van der Waals surface area contributed by atoms with Gasteiger partial charge in [-0.3, -0.25) is 9.05 Å². The molecule has 0 spiro atoms. The first-order chi connectivity index (χ1) is 18.1. The maximum absolute atomic E-state index is 12.0. The first kappa shape index (κ1) is 41.2. The van der Waals surface area contributed by atoms with Crippen LogP contribution in [0.25, 0.3) is 0 Å². The van der Waals surface area contributed by atoms with E-state index in [0.29, 0.717) is 13.2 Å². The van der Waals surface area contributed by atoms with Crippen LogP contribution in [0.4, 0.5) is 0 Å². The summed E-state index contributed by atoms with van der Waals surface area (Å²) >= 11 is 0. The van der Waals surface area contributed by atoms with Gasteiger partial charge in [0.05, 0.1) is 13.2 Å². The Hall–Kier alpha value is 1.11. The van der Waals surface area contributed by atoms with Gasteiger partial charge in [-0.15, -0.1) is 0 Å². The molecule has 0 aromatic carbocycles. The van der Waals surface area contributed by atoms with Gasteiger partial charge in [0.1, 0.15) is 0 Å². The molecule has 0 aliphatic rings. The molecule has 1 radical (unpaired) electrons. The molecule has 0 saturated heterocycles. The molecule has 4 nitrogen and oxygen atoms in total. The van der Waals surface area contributed by atoms with Gasteiger partial charge in [-0.1, -0.05) is 181 Å². The molecule has 0 heterocycles. The van der Waals surface area contributed by atoms with E-state index in [4.69, 9.17) is 9.05 Å². The fourth-order valence-corrected chi connectivity index (χ4v) is 5.78. The Kier molecular flexibility index (Phi) is 37.2. The van der Waals surface area contributed by atoms with Crippen LogP contribution in [0.3, 0.4) is 0 Å². The smallest absolute Gasteiger partial charge is 0.302 e. The Balaban J connectivity index is 0. The van der Waals surface area contributed by atoms with Crippen molar-refractivity contribution in [2.45, 2.75) is 194 Å². The molecule has 6 heteroatoms. The van der Waals surface area contributed by atoms with Crippen molar-refractivity contribution >= 4 is 37.4 Å². The Labute approximate surface area is 261 Å². The average molecular weight is 570 g/mol. The SMILES string of the molecule is CCCCCCCCCCCCCCCCOP(=O)(O)OCCCCCCCCCCCCCCCC.[Na]. The van der Waals surface area contributed by atoms with Crippen LogP contribution in [0, 0.1) is 0 Å². The summed E-state index contributed by atoms with van der Waals surface area (Å²) < 4.78 is 22.3. The summed E-state index contributed by atoms with van der Waals surface area (Å²) in [4.78, 5) is 9.83. The molecule has 0 aromatic heterocycles. The minimum Gasteiger partial charge on any atom is -0.302 e. The van der Waals surface area contributed by atoms with Crippen LogP contribution in [0.15, 0.2) is 0 Å². The van der Waals surface area contributed by atoms with E-state index < -0.39 is 7.82 Å². The molecule has 0 rings (SSSR count). The summed E-state index contributed by atoms with van der Waals surface area (Å²) in [6, 6.07) is 0. The van der Waals surface area contributed by atoms with Gasteiger partial charge >= 0.3 is 7.82 Å². The van der Waals surface area contributed by atoms with E-state index in [9.17, 15) is 9.46 Å². The third kappa shape index (κ3) is 35.1. The van der Waals surface area contributed by atoms with E-state index >= 15 is 0 Å². The maximum Gasteiger partial charge on any atom is 0.472 e. The predicted octanol–water partition coefficient (Wildman–Crippen LogP) is 11.7. The molecule has 0 bridgehead atoms. The molecule has 0 amide bonds. The molecule has 1 N–H and O–H groups in total. The van der Waals surface area contributed by atoms with E-state index in [1.54, 1.807) is 0 Å². The van der Waals surface area contributed by atoms with Gasteiger partial charge in [-0.25, -0.2) is 4.57 Å². The van der Waals surface area contributed by atoms with Gasteiger partial charge in [0, 0.05) is 29.6 Å². The van der Waals surface area contributed by atoms with E-state index in [-0.39, 0.29) is 29.6 Å². The normalized spacial score (nSPS) is 11.7. The third-order valence-electron chi connectivity index (χ3n) is 7.50. The second-order valence-corrected chi connectivity index (χ2v) is 12.8. The van der Waals surface area contributed by atoms with Crippen molar-refractivity contribution in [3.05, 3.63) is 0 Å². The Bertz CT molecular complexity index is 440. The van der Waals surface area contributed by atoms with Crippen LogP contribution in [0.5, 0.6) is 0 Å². The number of rotatable bonds is 32. The van der Waals surface area contributed by atoms with Crippen molar-refractivity contribution < 1.29 is 18.5 Å². The summed E-state index contributed by atoms with van der Waals surface area (Å²) in [5.41, 5.74) is 0. The van der Waals surface area contributed by atoms with Gasteiger partial charge in [0.25, 0.3) is 0 Å².